The Morgan fingerprint density at radius 2 is 1.15 bits per heavy atom. The monoisotopic (exact) mass is 516 g/mol. The smallest absolute Gasteiger partial charge is 0.252 e. The van der Waals surface area contributed by atoms with Crippen molar-refractivity contribution in [2.75, 3.05) is 0 Å². The standard InChI is InChI=1S/C13H9F6N3.C7H5ClF3N/c14-12(15,16)4-3-11(7-20,8-21)5-9-1-2-10(22-6-9)13(17,18)19;8-3-5-1-2-6(12-4-5)7(9,10)11/h1-2,6H,3-5H2;1-2,4H,3H2. The quantitative estimate of drug-likeness (QED) is 0.321. The second-order valence-electron chi connectivity index (χ2n) is 6.83. The van der Waals surface area contributed by atoms with E-state index in [0.717, 1.165) is 24.5 Å². The molecule has 0 amide bonds. The van der Waals surface area contributed by atoms with E-state index < -0.39 is 54.6 Å². The highest BCUT2D eigenvalue weighted by atomic mass is 35.5. The van der Waals surface area contributed by atoms with Crippen molar-refractivity contribution in [1.82, 2.24) is 9.97 Å². The largest absolute Gasteiger partial charge is 0.433 e. The van der Waals surface area contributed by atoms with Crippen molar-refractivity contribution in [3.05, 3.63) is 59.2 Å². The van der Waals surface area contributed by atoms with Gasteiger partial charge in [-0.25, -0.2) is 0 Å². The maximum Gasteiger partial charge on any atom is 0.433 e. The Balaban J connectivity index is 0.000000404. The SMILES string of the molecule is FC(F)(F)c1ccc(CCl)cn1.N#CC(C#N)(CCC(F)(F)F)Cc1ccc(C(F)(F)F)nc1. The Morgan fingerprint density at radius 3 is 1.44 bits per heavy atom. The van der Waals surface area contributed by atoms with Crippen LogP contribution in [0.1, 0.15) is 35.4 Å². The predicted molar refractivity (Wildman–Crippen MR) is 101 cm³/mol. The third kappa shape index (κ3) is 9.43. The van der Waals surface area contributed by atoms with Crippen molar-refractivity contribution in [2.24, 2.45) is 5.41 Å². The second-order valence-corrected chi connectivity index (χ2v) is 7.10. The van der Waals surface area contributed by atoms with E-state index in [1.165, 1.54) is 18.2 Å². The summed E-state index contributed by atoms with van der Waals surface area (Å²) in [4.78, 5) is 6.36. The normalized spacial score (nSPS) is 12.2. The molecule has 0 N–H and O–H groups in total. The summed E-state index contributed by atoms with van der Waals surface area (Å²) in [7, 11) is 0. The van der Waals surface area contributed by atoms with E-state index in [4.69, 9.17) is 22.1 Å². The number of aromatic nitrogens is 2. The molecule has 0 aliphatic heterocycles. The molecule has 0 aliphatic rings. The van der Waals surface area contributed by atoms with Gasteiger partial charge < -0.3 is 0 Å². The first-order chi connectivity index (χ1) is 15.5. The zero-order valence-corrected chi connectivity index (χ0v) is 17.6. The number of nitrogens with zero attached hydrogens (tertiary/aromatic N) is 4. The summed E-state index contributed by atoms with van der Waals surface area (Å²) >= 11 is 5.37. The molecule has 14 heteroatoms. The maximum absolute atomic E-state index is 12.3. The lowest BCUT2D eigenvalue weighted by Gasteiger charge is -2.19. The molecule has 0 atom stereocenters. The predicted octanol–water partition coefficient (Wildman–Crippen LogP) is 6.86. The molecule has 0 aliphatic carbocycles. The van der Waals surface area contributed by atoms with Crippen molar-refractivity contribution in [1.29, 1.82) is 10.5 Å². The second kappa shape index (κ2) is 11.4. The molecule has 0 saturated carbocycles. The van der Waals surface area contributed by atoms with Gasteiger partial charge in [0.1, 0.15) is 16.8 Å². The first-order valence-corrected chi connectivity index (χ1v) is 9.58. The number of rotatable bonds is 5. The molecule has 0 fully saturated rings. The summed E-state index contributed by atoms with van der Waals surface area (Å²) in [6, 6.07) is 6.91. The van der Waals surface area contributed by atoms with Gasteiger partial charge >= 0.3 is 18.5 Å². The van der Waals surface area contributed by atoms with E-state index in [0.29, 0.717) is 11.6 Å². The van der Waals surface area contributed by atoms with Crippen LogP contribution in [-0.4, -0.2) is 16.1 Å². The van der Waals surface area contributed by atoms with E-state index in [1.807, 2.05) is 0 Å². The molecule has 0 aromatic carbocycles. The minimum Gasteiger partial charge on any atom is -0.252 e. The lowest BCUT2D eigenvalue weighted by molar-refractivity contribution is -0.142. The number of alkyl halides is 10. The van der Waals surface area contributed by atoms with E-state index in [-0.39, 0.29) is 11.4 Å². The maximum atomic E-state index is 12.3. The average Bonchev–Trinajstić information content (AvgIpc) is 2.76. The Labute approximate surface area is 192 Å². The van der Waals surface area contributed by atoms with Crippen LogP contribution >= 0.6 is 11.6 Å². The third-order valence-corrected chi connectivity index (χ3v) is 4.46. The van der Waals surface area contributed by atoms with Gasteiger partial charge in [0, 0.05) is 31.1 Å². The van der Waals surface area contributed by atoms with Gasteiger partial charge in [0.15, 0.2) is 0 Å². The molecule has 0 radical (unpaired) electrons. The zero-order valence-electron chi connectivity index (χ0n) is 16.9. The van der Waals surface area contributed by atoms with Crippen LogP contribution in [-0.2, 0) is 24.7 Å². The van der Waals surface area contributed by atoms with E-state index in [1.54, 1.807) is 0 Å². The highest BCUT2D eigenvalue weighted by molar-refractivity contribution is 6.17. The lowest BCUT2D eigenvalue weighted by atomic mass is 9.80. The average molecular weight is 517 g/mol. The highest BCUT2D eigenvalue weighted by Crippen LogP contribution is 2.34. The summed E-state index contributed by atoms with van der Waals surface area (Å²) in [5, 5.41) is 18.0. The van der Waals surface area contributed by atoms with Gasteiger partial charge in [-0.1, -0.05) is 12.1 Å². The van der Waals surface area contributed by atoms with Crippen LogP contribution in [0.3, 0.4) is 0 Å². The van der Waals surface area contributed by atoms with Gasteiger partial charge in [0.2, 0.25) is 0 Å². The summed E-state index contributed by atoms with van der Waals surface area (Å²) in [6.07, 6.45) is -14.1. The summed E-state index contributed by atoms with van der Waals surface area (Å²) in [5.74, 6) is 0.172. The van der Waals surface area contributed by atoms with E-state index >= 15 is 0 Å². The minimum absolute atomic E-state index is 0.0817. The first-order valence-electron chi connectivity index (χ1n) is 9.05. The summed E-state index contributed by atoms with van der Waals surface area (Å²) in [5.41, 5.74) is -3.36. The van der Waals surface area contributed by atoms with Gasteiger partial charge in [0.05, 0.1) is 12.1 Å². The number of hydrogen-bond acceptors (Lipinski definition) is 4. The van der Waals surface area contributed by atoms with Gasteiger partial charge in [0.25, 0.3) is 0 Å². The van der Waals surface area contributed by atoms with Crippen molar-refractivity contribution in [2.45, 2.75) is 43.7 Å². The van der Waals surface area contributed by atoms with Gasteiger partial charge in [-0.15, -0.1) is 11.6 Å². The van der Waals surface area contributed by atoms with Gasteiger partial charge in [-0.2, -0.15) is 50.0 Å². The Kier molecular flexibility index (Phi) is 9.70. The molecule has 0 saturated heterocycles. The van der Waals surface area contributed by atoms with E-state index in [2.05, 4.69) is 9.97 Å². The van der Waals surface area contributed by atoms with Crippen LogP contribution in [0.5, 0.6) is 0 Å². The molecule has 2 aromatic heterocycles. The van der Waals surface area contributed by atoms with Crippen molar-refractivity contribution >= 4 is 11.6 Å². The zero-order chi connectivity index (χ0) is 26.2. The molecule has 2 rings (SSSR count). The molecule has 0 unspecified atom stereocenters. The van der Waals surface area contributed by atoms with Gasteiger partial charge in [-0.3, -0.25) is 9.97 Å². The van der Waals surface area contributed by atoms with Crippen LogP contribution in [0.2, 0.25) is 0 Å². The van der Waals surface area contributed by atoms with Crippen LogP contribution in [0.15, 0.2) is 36.7 Å². The lowest BCUT2D eigenvalue weighted by Crippen LogP contribution is -2.23. The molecule has 4 nitrogen and oxygen atoms in total. The Hall–Kier alpha value is -3.06. The molecule has 184 valence electrons. The van der Waals surface area contributed by atoms with Crippen LogP contribution in [0, 0.1) is 28.1 Å². The molecular weight excluding hydrogens is 503 g/mol. The number of hydrogen-bond donors (Lipinski definition) is 0. The molecule has 2 heterocycles. The molecular formula is C20H14ClF9N4. The summed E-state index contributed by atoms with van der Waals surface area (Å²) < 4.78 is 110. The van der Waals surface area contributed by atoms with Gasteiger partial charge in [-0.05, 0) is 29.7 Å². The molecule has 0 bridgehead atoms. The van der Waals surface area contributed by atoms with Crippen molar-refractivity contribution < 1.29 is 39.5 Å². The fourth-order valence-corrected chi connectivity index (χ4v) is 2.53. The fourth-order valence-electron chi connectivity index (χ4n) is 2.38. The molecule has 0 spiro atoms. The van der Waals surface area contributed by atoms with E-state index in [9.17, 15) is 39.5 Å². The highest BCUT2D eigenvalue weighted by Gasteiger charge is 2.38. The number of halogens is 10. The Morgan fingerprint density at radius 1 is 0.706 bits per heavy atom. The Bertz CT molecular complexity index is 986. The molecule has 34 heavy (non-hydrogen) atoms. The topological polar surface area (TPSA) is 73.4 Å². The fraction of sp³-hybridized carbons (Fsp3) is 0.400. The van der Waals surface area contributed by atoms with Crippen LogP contribution in [0.25, 0.3) is 0 Å². The van der Waals surface area contributed by atoms with Crippen LogP contribution < -0.4 is 0 Å². The van der Waals surface area contributed by atoms with Crippen molar-refractivity contribution in [3.63, 3.8) is 0 Å². The third-order valence-electron chi connectivity index (χ3n) is 4.15. The summed E-state index contributed by atoms with van der Waals surface area (Å²) in [6.45, 7) is 0. The van der Waals surface area contributed by atoms with Crippen LogP contribution in [0.4, 0.5) is 39.5 Å². The minimum atomic E-state index is -4.64. The number of pyridine rings is 2. The van der Waals surface area contributed by atoms with Crippen molar-refractivity contribution in [3.8, 4) is 12.1 Å². The number of nitriles is 2. The first kappa shape index (κ1) is 29.0. The molecule has 2 aromatic rings.